The second-order valence-electron chi connectivity index (χ2n) is 14.7. The van der Waals surface area contributed by atoms with Gasteiger partial charge >= 0.3 is 0 Å². The highest BCUT2D eigenvalue weighted by molar-refractivity contribution is 6.05. The van der Waals surface area contributed by atoms with Crippen LogP contribution in [0.15, 0.2) is 198 Å². The monoisotopic (exact) mass is 757 g/mol. The number of benzene rings is 7. The number of para-hydroxylation sites is 1. The summed E-state index contributed by atoms with van der Waals surface area (Å²) >= 11 is 0. The topological polar surface area (TPSA) is 107 Å². The quantitative estimate of drug-likeness (QED) is 0.122. The Balaban J connectivity index is 0.000000161. The summed E-state index contributed by atoms with van der Waals surface area (Å²) in [4.78, 5) is 0. The first-order valence-corrected chi connectivity index (χ1v) is 19.5. The van der Waals surface area contributed by atoms with Crippen molar-refractivity contribution in [3.8, 4) is 22.6 Å². The maximum atomic E-state index is 8.09. The van der Waals surface area contributed by atoms with Crippen molar-refractivity contribution >= 4 is 27.8 Å². The van der Waals surface area contributed by atoms with E-state index in [1.807, 2.05) is 72.8 Å². The summed E-state index contributed by atoms with van der Waals surface area (Å²) in [5, 5.41) is 10.5. The van der Waals surface area contributed by atoms with E-state index in [0.29, 0.717) is 23.6 Å². The highest BCUT2D eigenvalue weighted by atomic mass is 16.6. The molecule has 0 amide bonds. The highest BCUT2D eigenvalue weighted by Crippen LogP contribution is 2.61. The number of allylic oxidation sites excluding steroid dienone is 2. The lowest BCUT2D eigenvalue weighted by Gasteiger charge is -2.37. The summed E-state index contributed by atoms with van der Waals surface area (Å²) in [7, 11) is 0. The molecule has 1 aromatic heterocycles. The first kappa shape index (κ1) is 36.5. The molecule has 0 fully saturated rings. The predicted octanol–water partition coefficient (Wildman–Crippen LogP) is 11.0. The first-order valence-electron chi connectivity index (χ1n) is 19.5. The van der Waals surface area contributed by atoms with E-state index >= 15 is 0 Å². The van der Waals surface area contributed by atoms with Gasteiger partial charge in [0.05, 0.1) is 5.41 Å². The van der Waals surface area contributed by atoms with Gasteiger partial charge in [-0.15, -0.1) is 0 Å². The summed E-state index contributed by atoms with van der Waals surface area (Å²) in [6.07, 6.45) is 4.88. The second-order valence-corrected chi connectivity index (χ2v) is 14.7. The zero-order chi connectivity index (χ0) is 39.6. The molecule has 1 aliphatic heterocycles. The zero-order valence-electron chi connectivity index (χ0n) is 32.1. The largest absolute Gasteiger partial charge is 0.478 e. The Labute approximate surface area is 338 Å². The van der Waals surface area contributed by atoms with Crippen molar-refractivity contribution in [1.29, 1.82) is 5.41 Å². The smallest absolute Gasteiger partial charge is 0.170 e. The molecule has 0 bridgehead atoms. The van der Waals surface area contributed by atoms with Gasteiger partial charge in [0.2, 0.25) is 0 Å². The van der Waals surface area contributed by atoms with E-state index in [4.69, 9.17) is 30.8 Å². The predicted molar refractivity (Wildman–Crippen MR) is 235 cm³/mol. The Morgan fingerprint density at radius 2 is 1.29 bits per heavy atom. The van der Waals surface area contributed by atoms with E-state index in [1.165, 1.54) is 38.6 Å². The van der Waals surface area contributed by atoms with E-state index < -0.39 is 11.5 Å². The molecular weight excluding hydrogens is 715 g/mol. The van der Waals surface area contributed by atoms with Crippen LogP contribution in [0.5, 0.6) is 11.5 Å². The third-order valence-corrected chi connectivity index (χ3v) is 11.2. The van der Waals surface area contributed by atoms with Gasteiger partial charge in [0.25, 0.3) is 0 Å². The van der Waals surface area contributed by atoms with E-state index in [0.717, 1.165) is 27.9 Å². The fourth-order valence-electron chi connectivity index (χ4n) is 8.53. The van der Waals surface area contributed by atoms with Crippen LogP contribution in [0.25, 0.3) is 33.1 Å². The third-order valence-electron chi connectivity index (χ3n) is 11.2. The van der Waals surface area contributed by atoms with Crippen LogP contribution in [-0.4, -0.2) is 18.0 Å². The summed E-state index contributed by atoms with van der Waals surface area (Å²) in [5.74, 6) is 1.41. The van der Waals surface area contributed by atoms with E-state index in [-0.39, 0.29) is 11.9 Å². The molecule has 6 nitrogen and oxygen atoms in total. The molecule has 7 aromatic carbocycles. The van der Waals surface area contributed by atoms with Gasteiger partial charge in [-0.1, -0.05) is 164 Å². The van der Waals surface area contributed by atoms with Crippen LogP contribution in [0.3, 0.4) is 0 Å². The van der Waals surface area contributed by atoms with Crippen molar-refractivity contribution in [3.63, 3.8) is 0 Å². The number of rotatable bonds is 4. The number of hydrogen-bond acceptors (Lipinski definition) is 5. The Morgan fingerprint density at radius 1 is 0.655 bits per heavy atom. The van der Waals surface area contributed by atoms with Crippen molar-refractivity contribution in [2.45, 2.75) is 31.1 Å². The van der Waals surface area contributed by atoms with Crippen LogP contribution < -0.4 is 20.9 Å². The molecule has 2 unspecified atom stereocenters. The Hall–Kier alpha value is -7.15. The average molecular weight is 758 g/mol. The molecule has 2 heterocycles. The molecule has 6 heteroatoms. The lowest BCUT2D eigenvalue weighted by molar-refractivity contribution is 0.0723. The number of hydrogen-bond donors (Lipinski definition) is 3. The molecule has 11 rings (SSSR count). The molecule has 0 radical (unpaired) electrons. The molecular formula is C52H43N3O3. The number of nitrogens with one attached hydrogen (secondary N) is 1. The molecule has 0 spiro atoms. The fourth-order valence-corrected chi connectivity index (χ4v) is 8.53. The third kappa shape index (κ3) is 6.34. The van der Waals surface area contributed by atoms with Crippen LogP contribution in [0, 0.1) is 12.3 Å². The minimum atomic E-state index is -0.505. The minimum Gasteiger partial charge on any atom is -0.478 e. The van der Waals surface area contributed by atoms with Crippen LogP contribution in [0.2, 0.25) is 0 Å². The number of fused-ring (bicyclic) bond motifs is 9. The van der Waals surface area contributed by atoms with Gasteiger partial charge in [-0.05, 0) is 70.1 Å². The van der Waals surface area contributed by atoms with Crippen molar-refractivity contribution in [3.05, 3.63) is 227 Å². The van der Waals surface area contributed by atoms with Gasteiger partial charge in [-0.25, -0.2) is 0 Å². The van der Waals surface area contributed by atoms with Gasteiger partial charge in [0, 0.05) is 28.5 Å². The molecule has 0 saturated carbocycles. The van der Waals surface area contributed by atoms with Crippen molar-refractivity contribution in [2.75, 3.05) is 0 Å². The van der Waals surface area contributed by atoms with Gasteiger partial charge in [-0.2, -0.15) is 0 Å². The maximum Gasteiger partial charge on any atom is 0.170 e. The van der Waals surface area contributed by atoms with E-state index in [9.17, 15) is 0 Å². The second kappa shape index (κ2) is 15.4. The van der Waals surface area contributed by atoms with Gasteiger partial charge < -0.3 is 25.4 Å². The van der Waals surface area contributed by atoms with Crippen molar-refractivity contribution in [1.82, 2.24) is 0 Å². The Morgan fingerprint density at radius 3 is 1.98 bits per heavy atom. The number of amidine groups is 1. The molecule has 0 saturated heterocycles. The van der Waals surface area contributed by atoms with E-state index in [2.05, 4.69) is 122 Å². The molecule has 284 valence electrons. The summed E-state index contributed by atoms with van der Waals surface area (Å²) in [5.41, 5.74) is 22.7. The number of aryl methyl sites for hydroxylation is 1. The van der Waals surface area contributed by atoms with Gasteiger partial charge in [0.15, 0.2) is 23.7 Å². The summed E-state index contributed by atoms with van der Waals surface area (Å²) in [6.45, 7) is 2.72. The summed E-state index contributed by atoms with van der Waals surface area (Å²) in [6, 6.07) is 58.5. The standard InChI is InChI=1S/C32H24N2O2.C13H10O.C7H9N/c33-31(34)23-15-9-17-26-29(23)36-30-27(35-26)19-18-25-28(30)22-14-7-8-16-24(22)32(25,20-10-3-1-4-11-20)21-12-5-2-6-13-21;1-9-6-7-11-10-4-2-3-5-12(10)14-13(11)8-9;8-6-7-4-2-1-3-5-7/h1-19,26,29H,(H3,33,34);2-8H,1H3;1-5H,6,8H2. The van der Waals surface area contributed by atoms with Gasteiger partial charge in [-0.3, -0.25) is 5.41 Å². The molecule has 2 aliphatic carbocycles. The van der Waals surface area contributed by atoms with E-state index in [1.54, 1.807) is 0 Å². The zero-order valence-corrected chi connectivity index (χ0v) is 32.1. The molecule has 3 aliphatic rings. The van der Waals surface area contributed by atoms with Crippen LogP contribution >= 0.6 is 0 Å². The lowest BCUT2D eigenvalue weighted by Crippen LogP contribution is -2.44. The highest BCUT2D eigenvalue weighted by Gasteiger charge is 2.49. The number of ether oxygens (including phenoxy) is 2. The maximum absolute atomic E-state index is 8.09. The van der Waals surface area contributed by atoms with Crippen LogP contribution in [0.1, 0.15) is 33.4 Å². The molecule has 5 N–H and O–H groups in total. The minimum absolute atomic E-state index is 0.00251. The van der Waals surface area contributed by atoms with Crippen molar-refractivity contribution < 1.29 is 13.9 Å². The fraction of sp³-hybridized carbons (Fsp3) is 0.0962. The SMILES string of the molecule is Cc1ccc2c(c1)oc1ccccc12.N=C(N)C1=CC=CC2Oc3ccc4c(c3OC12)-c1ccccc1C4(c1ccccc1)c1ccccc1.NCc1ccccc1. The normalized spacial score (nSPS) is 16.4. The first-order chi connectivity index (χ1) is 28.5. The summed E-state index contributed by atoms with van der Waals surface area (Å²) < 4.78 is 18.9. The number of furan rings is 1. The van der Waals surface area contributed by atoms with Crippen LogP contribution in [-0.2, 0) is 12.0 Å². The number of nitrogens with two attached hydrogens (primary N) is 2. The average Bonchev–Trinajstić information content (AvgIpc) is 3.80. The Kier molecular flexibility index (Phi) is 9.70. The molecule has 2 atom stereocenters. The van der Waals surface area contributed by atoms with Gasteiger partial charge in [0.1, 0.15) is 17.0 Å². The van der Waals surface area contributed by atoms with Crippen molar-refractivity contribution in [2.24, 2.45) is 11.5 Å². The molecule has 58 heavy (non-hydrogen) atoms. The lowest BCUT2D eigenvalue weighted by atomic mass is 9.68. The van der Waals surface area contributed by atoms with Crippen LogP contribution in [0.4, 0.5) is 0 Å². The molecule has 8 aromatic rings. The Bertz CT molecular complexity index is 2790.